The Labute approximate surface area is 526 Å². The zero-order valence-corrected chi connectivity index (χ0v) is 57.4. The monoisotopic (exact) mass is 1190 g/mol. The zero-order chi connectivity index (χ0) is 62.4. The first-order valence-electron chi connectivity index (χ1n) is 37.8. The number of carbonyl (C=O) groups excluding carboxylic acids is 4. The van der Waals surface area contributed by atoms with E-state index in [4.69, 9.17) is 22.9 Å². The van der Waals surface area contributed by atoms with Crippen LogP contribution in [0, 0.1) is 0 Å². The molecule has 0 aromatic carbocycles. The maximum Gasteiger partial charge on any atom is 0.217 e. The van der Waals surface area contributed by atoms with Crippen LogP contribution < -0.4 is 22.9 Å². The summed E-state index contributed by atoms with van der Waals surface area (Å²) in [4.78, 5) is 42.5. The third-order valence-corrected chi connectivity index (χ3v) is 17.1. The minimum Gasteiger partial charge on any atom is -0.370 e. The largest absolute Gasteiger partial charge is 0.370 e. The predicted octanol–water partition coefficient (Wildman–Crippen LogP) is 24.3. The fraction of sp³-hybridized carbons (Fsp3) is 0.921. The van der Waals surface area contributed by atoms with Crippen LogP contribution in [0.5, 0.6) is 0 Å². The molecule has 0 saturated carbocycles. The van der Waals surface area contributed by atoms with Crippen LogP contribution in [-0.2, 0) is 19.2 Å². The number of rotatable bonds is 69. The van der Waals surface area contributed by atoms with Crippen LogP contribution in [0.3, 0.4) is 0 Å². The topological polar surface area (TPSA) is 172 Å². The molecule has 0 radical (unpaired) electrons. The van der Waals surface area contributed by atoms with Gasteiger partial charge in [0.05, 0.1) is 0 Å². The average Bonchev–Trinajstić information content (AvgIpc) is 3.47. The number of unbranched alkanes of at least 4 members (excludes halogenated alkanes) is 61. The Kier molecular flexibility index (Phi) is 88.9. The highest BCUT2D eigenvalue weighted by Crippen LogP contribution is 2.19. The normalized spacial score (nSPS) is 10.9. The van der Waals surface area contributed by atoms with Crippen molar-refractivity contribution in [3.63, 3.8) is 0 Å². The van der Waals surface area contributed by atoms with Crippen molar-refractivity contribution in [3.05, 3.63) is 13.2 Å². The van der Waals surface area contributed by atoms with Crippen molar-refractivity contribution in [3.8, 4) is 0 Å². The van der Waals surface area contributed by atoms with Gasteiger partial charge < -0.3 is 22.9 Å². The number of hydrogen-bond donors (Lipinski definition) is 4. The van der Waals surface area contributed by atoms with Crippen LogP contribution in [0.1, 0.15) is 450 Å². The van der Waals surface area contributed by atoms with E-state index in [1.165, 1.54) is 372 Å². The molecular formula is C76H154N4O4. The van der Waals surface area contributed by atoms with Gasteiger partial charge in [-0.1, -0.05) is 399 Å². The highest BCUT2D eigenvalue weighted by molar-refractivity contribution is 5.74. The van der Waals surface area contributed by atoms with Crippen molar-refractivity contribution in [2.45, 2.75) is 450 Å². The minimum absolute atomic E-state index is 0.152. The molecule has 502 valence electrons. The van der Waals surface area contributed by atoms with Crippen LogP contribution >= 0.6 is 0 Å². The van der Waals surface area contributed by atoms with Gasteiger partial charge >= 0.3 is 0 Å². The number of carbonyl (C=O) groups is 4. The second-order valence-electron chi connectivity index (χ2n) is 25.8. The number of nitrogens with two attached hydrogens (primary N) is 4. The number of primary amides is 4. The molecule has 8 heteroatoms. The lowest BCUT2D eigenvalue weighted by Crippen LogP contribution is -2.09. The molecule has 8 N–H and O–H groups in total. The summed E-state index contributed by atoms with van der Waals surface area (Å²) in [6.45, 7) is 10.6. The summed E-state index contributed by atoms with van der Waals surface area (Å²) in [7, 11) is 0. The van der Waals surface area contributed by atoms with Gasteiger partial charge in [0.2, 0.25) is 23.6 Å². The van der Waals surface area contributed by atoms with Gasteiger partial charge in [-0.15, -0.1) is 13.2 Å². The highest BCUT2D eigenvalue weighted by Gasteiger charge is 2.02. The van der Waals surface area contributed by atoms with Gasteiger partial charge in [0.25, 0.3) is 0 Å². The molecule has 0 rings (SSSR count). The number of amides is 4. The summed E-state index contributed by atoms with van der Waals surface area (Å²) >= 11 is 0. The van der Waals surface area contributed by atoms with Gasteiger partial charge in [0, 0.05) is 25.7 Å². The number of hydrogen-bond acceptors (Lipinski definition) is 4. The van der Waals surface area contributed by atoms with Crippen molar-refractivity contribution in [2.75, 3.05) is 0 Å². The lowest BCUT2D eigenvalue weighted by molar-refractivity contribution is -0.119. The molecule has 0 aromatic rings. The molecule has 0 aliphatic rings. The Morgan fingerprint density at radius 3 is 0.310 bits per heavy atom. The van der Waals surface area contributed by atoms with E-state index in [9.17, 15) is 19.2 Å². The van der Waals surface area contributed by atoms with Gasteiger partial charge in [-0.25, -0.2) is 0 Å². The van der Waals surface area contributed by atoms with E-state index < -0.39 is 0 Å². The Bertz CT molecular complexity index is 1150. The van der Waals surface area contributed by atoms with Gasteiger partial charge in [-0.05, 0) is 25.7 Å². The Hall–Kier alpha value is -2.38. The molecule has 0 unspecified atom stereocenters. The maximum absolute atomic E-state index is 10.7. The summed E-state index contributed by atoms with van der Waals surface area (Å²) < 4.78 is 0. The highest BCUT2D eigenvalue weighted by atomic mass is 16.2. The summed E-state index contributed by atoms with van der Waals surface area (Å²) in [5.41, 5.74) is 20.6. The molecule has 0 spiro atoms. The molecule has 0 aliphatic heterocycles. The molecule has 0 atom stereocenters. The van der Waals surface area contributed by atoms with Gasteiger partial charge in [0.1, 0.15) is 0 Å². The molecule has 84 heavy (non-hydrogen) atoms. The zero-order valence-electron chi connectivity index (χ0n) is 57.4. The van der Waals surface area contributed by atoms with Gasteiger partial charge in [0.15, 0.2) is 0 Å². The first kappa shape index (κ1) is 88.1. The van der Waals surface area contributed by atoms with Gasteiger partial charge in [-0.2, -0.15) is 0 Å². The second kappa shape index (κ2) is 84.8. The quantitative estimate of drug-likeness (QED) is 0.0351. The molecular weight excluding hydrogens is 1030 g/mol. The van der Waals surface area contributed by atoms with Crippen LogP contribution in [0.15, 0.2) is 13.2 Å². The molecule has 0 heterocycles. The van der Waals surface area contributed by atoms with E-state index in [1.807, 2.05) is 0 Å². The predicted molar refractivity (Wildman–Crippen MR) is 373 cm³/mol. The summed E-state index contributed by atoms with van der Waals surface area (Å²) in [5, 5.41) is 0. The fourth-order valence-electron chi connectivity index (χ4n) is 11.6. The Morgan fingerprint density at radius 2 is 0.238 bits per heavy atom. The van der Waals surface area contributed by atoms with Crippen molar-refractivity contribution in [2.24, 2.45) is 22.9 Å². The summed E-state index contributed by atoms with van der Waals surface area (Å²) in [6, 6.07) is 0. The lowest BCUT2D eigenvalue weighted by atomic mass is 10.0. The molecule has 0 aliphatic carbocycles. The smallest absolute Gasteiger partial charge is 0.217 e. The Morgan fingerprint density at radius 1 is 0.167 bits per heavy atom. The summed E-state index contributed by atoms with van der Waals surface area (Å²) in [6.07, 6.45) is 89.7. The SMILES string of the molecule is C=C.CCCCCCCCCCCCCCCCCC(N)=O.CCCCCCCCCCCCCCCCCC(N)=O.NC(=O)CCCCCCCCCCCCCCCCCCCCCCCCCCCCCCCCCCCCC(N)=O. The van der Waals surface area contributed by atoms with Crippen LogP contribution in [0.4, 0.5) is 0 Å². The molecule has 4 amide bonds. The maximum atomic E-state index is 10.7. The van der Waals surface area contributed by atoms with E-state index >= 15 is 0 Å². The summed E-state index contributed by atoms with van der Waals surface area (Å²) in [5.74, 6) is -0.610. The van der Waals surface area contributed by atoms with Crippen molar-refractivity contribution in [1.29, 1.82) is 0 Å². The first-order chi connectivity index (χ1) is 41.2. The first-order valence-corrected chi connectivity index (χ1v) is 37.8. The molecule has 8 nitrogen and oxygen atoms in total. The van der Waals surface area contributed by atoms with E-state index in [2.05, 4.69) is 27.0 Å². The van der Waals surface area contributed by atoms with E-state index in [0.717, 1.165) is 38.5 Å². The van der Waals surface area contributed by atoms with Gasteiger partial charge in [-0.3, -0.25) is 19.2 Å². The molecule has 0 fully saturated rings. The molecule has 0 saturated heterocycles. The van der Waals surface area contributed by atoms with Crippen LogP contribution in [0.25, 0.3) is 0 Å². The third kappa shape index (κ3) is 98.7. The standard InChI is InChI=1S/C38H76N2O2.2C18H37NO.C2H4/c39-37(41)35-33-31-29-27-25-23-21-19-17-15-13-11-9-7-5-3-1-2-4-6-8-10-12-14-16-18-20-22-24-26-28-30-32-34-36-38(40)42;2*1-2-3-4-5-6-7-8-9-10-11-12-13-14-15-16-17-18(19)20;1-2/h1-36H2,(H2,39,41)(H2,40,42);2*2-17H2,1H3,(H2,19,20);1-2H2. The van der Waals surface area contributed by atoms with Crippen molar-refractivity contribution in [1.82, 2.24) is 0 Å². The van der Waals surface area contributed by atoms with E-state index in [1.54, 1.807) is 0 Å². The fourth-order valence-corrected chi connectivity index (χ4v) is 11.6. The third-order valence-electron chi connectivity index (χ3n) is 17.1. The van der Waals surface area contributed by atoms with Crippen LogP contribution in [0.2, 0.25) is 0 Å². The lowest BCUT2D eigenvalue weighted by Gasteiger charge is -2.05. The molecule has 0 bridgehead atoms. The van der Waals surface area contributed by atoms with Crippen molar-refractivity contribution < 1.29 is 19.2 Å². The van der Waals surface area contributed by atoms with E-state index in [0.29, 0.717) is 25.7 Å². The molecule has 0 aromatic heterocycles. The Balaban J connectivity index is -0.000000633. The second-order valence-corrected chi connectivity index (χ2v) is 25.8. The van der Waals surface area contributed by atoms with Crippen LogP contribution in [-0.4, -0.2) is 23.6 Å². The van der Waals surface area contributed by atoms with Crippen molar-refractivity contribution >= 4 is 23.6 Å². The van der Waals surface area contributed by atoms with E-state index in [-0.39, 0.29) is 23.6 Å². The minimum atomic E-state index is -0.153. The average molecular weight is 1190 g/mol.